The lowest BCUT2D eigenvalue weighted by Gasteiger charge is -2.18. The summed E-state index contributed by atoms with van der Waals surface area (Å²) in [6.45, 7) is 0.967. The van der Waals surface area contributed by atoms with Gasteiger partial charge in [-0.05, 0) is 0 Å². The third kappa shape index (κ3) is 3.71. The SMILES string of the molecule is COC(=O)CC(C(=O)O)N(N=O)C(C)=O. The molecule has 0 saturated heterocycles. The summed E-state index contributed by atoms with van der Waals surface area (Å²) in [6, 6.07) is -1.63. The van der Waals surface area contributed by atoms with Gasteiger partial charge in [0, 0.05) is 6.92 Å². The molecular weight excluding hydrogens is 208 g/mol. The molecule has 1 atom stereocenters. The van der Waals surface area contributed by atoms with Gasteiger partial charge in [0.1, 0.15) is 0 Å². The van der Waals surface area contributed by atoms with Crippen molar-refractivity contribution in [2.45, 2.75) is 19.4 Å². The van der Waals surface area contributed by atoms with Crippen LogP contribution in [-0.2, 0) is 19.1 Å². The van der Waals surface area contributed by atoms with Crippen molar-refractivity contribution in [1.82, 2.24) is 5.01 Å². The van der Waals surface area contributed by atoms with Crippen molar-refractivity contribution in [2.24, 2.45) is 5.29 Å². The smallest absolute Gasteiger partial charge is 0.329 e. The summed E-state index contributed by atoms with van der Waals surface area (Å²) >= 11 is 0. The third-order valence-electron chi connectivity index (χ3n) is 1.58. The first-order valence-corrected chi connectivity index (χ1v) is 3.86. The lowest BCUT2D eigenvalue weighted by molar-refractivity contribution is -0.155. The Balaban J connectivity index is 4.78. The molecule has 0 saturated carbocycles. The van der Waals surface area contributed by atoms with E-state index in [9.17, 15) is 19.3 Å². The van der Waals surface area contributed by atoms with Crippen LogP contribution in [-0.4, -0.2) is 41.1 Å². The second-order valence-electron chi connectivity index (χ2n) is 2.58. The number of rotatable bonds is 5. The van der Waals surface area contributed by atoms with E-state index in [1.54, 1.807) is 0 Å². The van der Waals surface area contributed by atoms with Crippen LogP contribution in [0.25, 0.3) is 0 Å². The number of carbonyl (C=O) groups is 3. The van der Waals surface area contributed by atoms with E-state index in [4.69, 9.17) is 5.11 Å². The maximum atomic E-state index is 10.8. The van der Waals surface area contributed by atoms with E-state index in [1.165, 1.54) is 0 Å². The number of hydrogen-bond acceptors (Lipinski definition) is 6. The maximum absolute atomic E-state index is 10.8. The van der Waals surface area contributed by atoms with Crippen molar-refractivity contribution >= 4 is 17.8 Å². The molecule has 0 radical (unpaired) electrons. The number of carbonyl (C=O) groups excluding carboxylic acids is 2. The molecule has 8 heteroatoms. The fraction of sp³-hybridized carbons (Fsp3) is 0.571. The zero-order valence-corrected chi connectivity index (χ0v) is 8.17. The molecule has 0 aromatic carbocycles. The minimum atomic E-state index is -1.63. The van der Waals surface area contributed by atoms with Crippen LogP contribution in [0.5, 0.6) is 0 Å². The summed E-state index contributed by atoms with van der Waals surface area (Å²) in [5.74, 6) is -3.21. The number of hydrogen-bond donors (Lipinski definition) is 1. The minimum Gasteiger partial charge on any atom is -0.480 e. The van der Waals surface area contributed by atoms with Crippen molar-refractivity contribution in [3.63, 3.8) is 0 Å². The Morgan fingerprint density at radius 1 is 1.47 bits per heavy atom. The van der Waals surface area contributed by atoms with Crippen molar-refractivity contribution in [3.8, 4) is 0 Å². The van der Waals surface area contributed by atoms with Crippen LogP contribution in [0.15, 0.2) is 5.29 Å². The van der Waals surface area contributed by atoms with Crippen LogP contribution < -0.4 is 0 Å². The number of nitroso groups, excluding NO2 is 1. The van der Waals surface area contributed by atoms with Gasteiger partial charge in [-0.25, -0.2) is 4.79 Å². The fourth-order valence-corrected chi connectivity index (χ4v) is 0.853. The van der Waals surface area contributed by atoms with Gasteiger partial charge in [0.15, 0.2) is 6.04 Å². The number of methoxy groups -OCH3 is 1. The molecule has 1 unspecified atom stereocenters. The first-order valence-electron chi connectivity index (χ1n) is 3.86. The van der Waals surface area contributed by atoms with E-state index >= 15 is 0 Å². The molecule has 0 bridgehead atoms. The summed E-state index contributed by atoms with van der Waals surface area (Å²) in [5, 5.41) is 11.1. The maximum Gasteiger partial charge on any atom is 0.329 e. The van der Waals surface area contributed by atoms with Gasteiger partial charge in [-0.2, -0.15) is 5.01 Å². The van der Waals surface area contributed by atoms with Crippen LogP contribution in [0, 0.1) is 4.91 Å². The highest BCUT2D eigenvalue weighted by atomic mass is 16.5. The average Bonchev–Trinajstić information content (AvgIpc) is 2.16. The van der Waals surface area contributed by atoms with Crippen LogP contribution in [0.1, 0.15) is 13.3 Å². The topological polar surface area (TPSA) is 113 Å². The highest BCUT2D eigenvalue weighted by Gasteiger charge is 2.31. The summed E-state index contributed by atoms with van der Waals surface area (Å²) in [7, 11) is 1.06. The van der Waals surface area contributed by atoms with Gasteiger partial charge in [0.2, 0.25) is 5.91 Å². The van der Waals surface area contributed by atoms with Crippen LogP contribution in [0.2, 0.25) is 0 Å². The molecule has 0 rings (SSSR count). The summed E-state index contributed by atoms with van der Waals surface area (Å²) in [4.78, 5) is 42.5. The summed E-state index contributed by atoms with van der Waals surface area (Å²) in [5.41, 5.74) is 0. The Morgan fingerprint density at radius 2 is 2.00 bits per heavy atom. The Hall–Kier alpha value is -1.99. The van der Waals surface area contributed by atoms with Crippen molar-refractivity contribution in [2.75, 3.05) is 7.11 Å². The monoisotopic (exact) mass is 218 g/mol. The lowest BCUT2D eigenvalue weighted by atomic mass is 10.2. The van der Waals surface area contributed by atoms with E-state index in [-0.39, 0.29) is 5.01 Å². The summed E-state index contributed by atoms with van der Waals surface area (Å²) < 4.78 is 4.22. The number of nitrogens with zero attached hydrogens (tertiary/aromatic N) is 2. The first-order chi connectivity index (χ1) is 6.93. The lowest BCUT2D eigenvalue weighted by Crippen LogP contribution is -2.41. The third-order valence-corrected chi connectivity index (χ3v) is 1.58. The van der Waals surface area contributed by atoms with E-state index in [0.29, 0.717) is 0 Å². The molecule has 0 spiro atoms. The van der Waals surface area contributed by atoms with E-state index < -0.39 is 30.3 Å². The second-order valence-corrected chi connectivity index (χ2v) is 2.58. The van der Waals surface area contributed by atoms with Gasteiger partial charge in [-0.3, -0.25) is 9.59 Å². The van der Waals surface area contributed by atoms with Gasteiger partial charge in [0.05, 0.1) is 18.8 Å². The second kappa shape index (κ2) is 5.68. The van der Waals surface area contributed by atoms with Crippen LogP contribution >= 0.6 is 0 Å². The van der Waals surface area contributed by atoms with Crippen molar-refractivity contribution in [3.05, 3.63) is 4.91 Å². The van der Waals surface area contributed by atoms with E-state index in [0.717, 1.165) is 14.0 Å². The Labute approximate surface area is 84.7 Å². The quantitative estimate of drug-likeness (QED) is 0.379. The highest BCUT2D eigenvalue weighted by molar-refractivity contribution is 5.86. The Bertz CT molecular complexity index is 289. The number of aliphatic carboxylic acids is 1. The number of esters is 1. The fourth-order valence-electron chi connectivity index (χ4n) is 0.853. The van der Waals surface area contributed by atoms with Gasteiger partial charge in [0.25, 0.3) is 0 Å². The molecule has 0 heterocycles. The molecule has 15 heavy (non-hydrogen) atoms. The minimum absolute atomic E-state index is 0.180. The number of carboxylic acids is 1. The predicted octanol–water partition coefficient (Wildman–Crippen LogP) is -0.467. The molecule has 0 aliphatic heterocycles. The molecule has 0 fully saturated rings. The Morgan fingerprint density at radius 3 is 2.27 bits per heavy atom. The molecule has 84 valence electrons. The standard InChI is InChI=1S/C7H10N2O6/c1-4(10)9(8-14)5(7(12)13)3-6(11)15-2/h5H,3H2,1-2H3,(H,12,13). The molecule has 1 N–H and O–H groups in total. The highest BCUT2D eigenvalue weighted by Crippen LogP contribution is 2.07. The van der Waals surface area contributed by atoms with Gasteiger partial charge < -0.3 is 9.84 Å². The van der Waals surface area contributed by atoms with Crippen LogP contribution in [0.3, 0.4) is 0 Å². The Kier molecular flexibility index (Phi) is 4.93. The number of amides is 1. The number of ether oxygens (including phenoxy) is 1. The van der Waals surface area contributed by atoms with Crippen molar-refractivity contribution < 1.29 is 24.2 Å². The largest absolute Gasteiger partial charge is 0.480 e. The molecular formula is C7H10N2O6. The molecule has 0 aliphatic rings. The molecule has 0 aromatic heterocycles. The normalized spacial score (nSPS) is 11.3. The molecule has 0 aromatic rings. The van der Waals surface area contributed by atoms with E-state index in [2.05, 4.69) is 10.0 Å². The molecule has 0 aliphatic carbocycles. The van der Waals surface area contributed by atoms with Crippen molar-refractivity contribution in [1.29, 1.82) is 0 Å². The van der Waals surface area contributed by atoms with E-state index in [1.807, 2.05) is 0 Å². The summed E-state index contributed by atoms with van der Waals surface area (Å²) in [6.07, 6.45) is -0.628. The number of carboxylic acid groups (broad SMARTS) is 1. The van der Waals surface area contributed by atoms with Crippen LogP contribution in [0.4, 0.5) is 0 Å². The molecule has 1 amide bonds. The zero-order valence-electron chi connectivity index (χ0n) is 8.17. The predicted molar refractivity (Wildman–Crippen MR) is 46.4 cm³/mol. The molecule has 8 nitrogen and oxygen atoms in total. The zero-order chi connectivity index (χ0) is 12.0. The van der Waals surface area contributed by atoms with Gasteiger partial charge >= 0.3 is 11.9 Å². The van der Waals surface area contributed by atoms with Gasteiger partial charge in [-0.1, -0.05) is 0 Å². The van der Waals surface area contributed by atoms with Gasteiger partial charge in [-0.15, -0.1) is 4.91 Å². The average molecular weight is 218 g/mol. The first kappa shape index (κ1) is 13.0.